The maximum Gasteiger partial charge on any atom is 0.469 e. The largest absolute Gasteiger partial charge is 0.469 e. The highest BCUT2D eigenvalue weighted by molar-refractivity contribution is 7.46. The Morgan fingerprint density at radius 2 is 1.78 bits per heavy atom. The molecule has 0 aromatic heterocycles. The second-order valence-electron chi connectivity index (χ2n) is 7.83. The summed E-state index contributed by atoms with van der Waals surface area (Å²) in [6.07, 6.45) is 11.4. The van der Waals surface area contributed by atoms with Gasteiger partial charge in [0.05, 0.1) is 6.61 Å². The lowest BCUT2D eigenvalue weighted by atomic mass is 9.92. The zero-order valence-corrected chi connectivity index (χ0v) is 16.8. The number of phosphoric ester groups is 1. The summed E-state index contributed by atoms with van der Waals surface area (Å²) in [4.78, 5) is 17.7. The molecule has 0 amide bonds. The van der Waals surface area contributed by atoms with Gasteiger partial charge in [-0.05, 0) is 49.1 Å². The van der Waals surface area contributed by atoms with Crippen molar-refractivity contribution in [3.63, 3.8) is 0 Å². The molecule has 6 heteroatoms. The lowest BCUT2D eigenvalue weighted by Gasteiger charge is -2.24. The van der Waals surface area contributed by atoms with Gasteiger partial charge >= 0.3 is 7.82 Å². The van der Waals surface area contributed by atoms with Crippen molar-refractivity contribution in [1.29, 1.82) is 0 Å². The van der Waals surface area contributed by atoms with Crippen LogP contribution in [0, 0.1) is 0 Å². The Morgan fingerprint density at radius 3 is 2.41 bits per heavy atom. The highest BCUT2D eigenvalue weighted by atomic mass is 31.2. The van der Waals surface area contributed by atoms with E-state index in [9.17, 15) is 4.57 Å². The van der Waals surface area contributed by atoms with Gasteiger partial charge < -0.3 is 15.5 Å². The fourth-order valence-electron chi connectivity index (χ4n) is 3.85. The summed E-state index contributed by atoms with van der Waals surface area (Å²) in [6.45, 7) is 2.15. The van der Waals surface area contributed by atoms with Crippen LogP contribution in [0.15, 0.2) is 24.3 Å². The van der Waals surface area contributed by atoms with E-state index in [1.165, 1.54) is 49.7 Å². The van der Waals surface area contributed by atoms with Crippen molar-refractivity contribution in [2.45, 2.75) is 90.0 Å². The minimum atomic E-state index is -4.46. The first-order valence-corrected chi connectivity index (χ1v) is 11.4. The van der Waals surface area contributed by atoms with Crippen molar-refractivity contribution in [2.75, 3.05) is 6.61 Å². The first-order chi connectivity index (χ1) is 12.3. The van der Waals surface area contributed by atoms with E-state index < -0.39 is 13.4 Å². The van der Waals surface area contributed by atoms with Gasteiger partial charge in [-0.1, -0.05) is 70.7 Å². The molecule has 4 N–H and O–H groups in total. The normalized spacial score (nSPS) is 22.6. The number of aryl methyl sites for hydroxylation is 1. The van der Waals surface area contributed by atoms with Crippen molar-refractivity contribution in [1.82, 2.24) is 0 Å². The van der Waals surface area contributed by atoms with Crippen LogP contribution in [0.5, 0.6) is 0 Å². The molecular formula is C21H38NO4P. The molecule has 1 aromatic carbocycles. The molecule has 156 valence electrons. The molecule has 1 aliphatic rings. The maximum atomic E-state index is 10.9. The van der Waals surface area contributed by atoms with Crippen LogP contribution in [-0.2, 0) is 15.5 Å². The van der Waals surface area contributed by atoms with Crippen LogP contribution in [0.4, 0.5) is 0 Å². The van der Waals surface area contributed by atoms with Gasteiger partial charge in [0.15, 0.2) is 0 Å². The standard InChI is InChI=1S/C20H34NO4P.CH4/c1-2-3-4-5-6-7-8-17-9-11-18(12-10-17)19-13-14-20(21,15-19)16-25-26(22,23)24;/h9-12,19H,2-8,13-16,21H2,1H3,(H2,22,23,24);1H4/t19?,20-;/m1./s1. The summed E-state index contributed by atoms with van der Waals surface area (Å²) in [5, 5.41) is 0. The topological polar surface area (TPSA) is 92.8 Å². The minimum Gasteiger partial charge on any atom is -0.323 e. The van der Waals surface area contributed by atoms with Crippen LogP contribution < -0.4 is 5.73 Å². The number of rotatable bonds is 11. The third-order valence-corrected chi connectivity index (χ3v) is 5.90. The molecule has 0 aliphatic heterocycles. The molecule has 1 unspecified atom stereocenters. The molecule has 2 rings (SSSR count). The zero-order chi connectivity index (χ0) is 19.0. The van der Waals surface area contributed by atoms with Gasteiger partial charge in [-0.3, -0.25) is 4.52 Å². The molecule has 5 nitrogen and oxygen atoms in total. The number of benzene rings is 1. The molecule has 1 aromatic rings. The molecule has 27 heavy (non-hydrogen) atoms. The lowest BCUT2D eigenvalue weighted by Crippen LogP contribution is -2.41. The summed E-state index contributed by atoms with van der Waals surface area (Å²) >= 11 is 0. The molecule has 0 heterocycles. The lowest BCUT2D eigenvalue weighted by molar-refractivity contribution is 0.153. The predicted octanol–water partition coefficient (Wildman–Crippen LogP) is 5.30. The Balaban J connectivity index is 0.00000364. The first-order valence-electron chi connectivity index (χ1n) is 9.89. The third kappa shape index (κ3) is 8.89. The quantitative estimate of drug-likeness (QED) is 0.347. The molecule has 1 saturated carbocycles. The van der Waals surface area contributed by atoms with Crippen LogP contribution >= 0.6 is 7.82 Å². The molecule has 2 atom stereocenters. The van der Waals surface area contributed by atoms with Crippen molar-refractivity contribution in [2.24, 2.45) is 5.73 Å². The van der Waals surface area contributed by atoms with Gasteiger partial charge in [-0.2, -0.15) is 0 Å². The van der Waals surface area contributed by atoms with Crippen LogP contribution in [0.25, 0.3) is 0 Å². The Bertz CT molecular complexity index is 586. The van der Waals surface area contributed by atoms with E-state index in [-0.39, 0.29) is 14.0 Å². The van der Waals surface area contributed by atoms with Gasteiger partial charge in [0.25, 0.3) is 0 Å². The molecule has 0 spiro atoms. The molecule has 0 bridgehead atoms. The third-order valence-electron chi connectivity index (χ3n) is 5.43. The van der Waals surface area contributed by atoms with Crippen molar-refractivity contribution in [3.8, 4) is 0 Å². The molecule has 0 radical (unpaired) electrons. The van der Waals surface area contributed by atoms with Gasteiger partial charge in [0.1, 0.15) is 0 Å². The van der Waals surface area contributed by atoms with Crippen LogP contribution in [0.2, 0.25) is 0 Å². The minimum absolute atomic E-state index is 0. The van der Waals surface area contributed by atoms with Crippen LogP contribution in [-0.4, -0.2) is 21.9 Å². The zero-order valence-electron chi connectivity index (χ0n) is 15.9. The van der Waals surface area contributed by atoms with E-state index >= 15 is 0 Å². The smallest absolute Gasteiger partial charge is 0.323 e. The van der Waals surface area contributed by atoms with Crippen LogP contribution in [0.3, 0.4) is 0 Å². The first kappa shape index (κ1) is 24.3. The second-order valence-corrected chi connectivity index (χ2v) is 9.06. The fourth-order valence-corrected chi connectivity index (χ4v) is 4.28. The monoisotopic (exact) mass is 399 g/mol. The Hall–Kier alpha value is -0.710. The summed E-state index contributed by atoms with van der Waals surface area (Å²) in [5.74, 6) is 0.337. The summed E-state index contributed by atoms with van der Waals surface area (Å²) < 4.78 is 15.5. The number of hydrogen-bond donors (Lipinski definition) is 3. The molecule has 1 aliphatic carbocycles. The van der Waals surface area contributed by atoms with Crippen LogP contribution in [0.1, 0.15) is 89.2 Å². The second kappa shape index (κ2) is 11.3. The molecular weight excluding hydrogens is 361 g/mol. The maximum absolute atomic E-state index is 10.9. The van der Waals surface area contributed by atoms with Gasteiger partial charge in [-0.25, -0.2) is 4.57 Å². The van der Waals surface area contributed by atoms with E-state index in [2.05, 4.69) is 35.7 Å². The summed E-state index contributed by atoms with van der Waals surface area (Å²) in [6, 6.07) is 8.80. The van der Waals surface area contributed by atoms with E-state index in [1.807, 2.05) is 0 Å². The summed E-state index contributed by atoms with van der Waals surface area (Å²) in [5.41, 5.74) is 8.27. The fraction of sp³-hybridized carbons (Fsp3) is 0.714. The van der Waals surface area contributed by atoms with Gasteiger partial charge in [-0.15, -0.1) is 0 Å². The van der Waals surface area contributed by atoms with Crippen molar-refractivity contribution < 1.29 is 18.9 Å². The summed E-state index contributed by atoms with van der Waals surface area (Å²) in [7, 11) is -4.46. The van der Waals surface area contributed by atoms with E-state index in [1.54, 1.807) is 0 Å². The number of hydrogen-bond acceptors (Lipinski definition) is 3. The van der Waals surface area contributed by atoms with E-state index in [0.29, 0.717) is 12.3 Å². The number of unbranched alkanes of at least 4 members (excludes halogenated alkanes) is 5. The van der Waals surface area contributed by atoms with Gasteiger partial charge in [0.2, 0.25) is 0 Å². The Morgan fingerprint density at radius 1 is 1.15 bits per heavy atom. The van der Waals surface area contributed by atoms with Crippen molar-refractivity contribution >= 4 is 7.82 Å². The SMILES string of the molecule is C.CCCCCCCCc1ccc(C2CC[C@](N)(COP(=O)(O)O)C2)cc1. The Kier molecular flexibility index (Phi) is 10.2. The Labute approximate surface area is 164 Å². The predicted molar refractivity (Wildman–Crippen MR) is 112 cm³/mol. The average molecular weight is 400 g/mol. The average Bonchev–Trinajstić information content (AvgIpc) is 2.99. The molecule has 0 saturated heterocycles. The molecule has 1 fully saturated rings. The van der Waals surface area contributed by atoms with E-state index in [4.69, 9.17) is 15.5 Å². The highest BCUT2D eigenvalue weighted by Gasteiger charge is 2.38. The van der Waals surface area contributed by atoms with Crippen molar-refractivity contribution in [3.05, 3.63) is 35.4 Å². The van der Waals surface area contributed by atoms with E-state index in [0.717, 1.165) is 19.3 Å². The highest BCUT2D eigenvalue weighted by Crippen LogP contribution is 2.43. The number of nitrogens with two attached hydrogens (primary N) is 1. The van der Waals surface area contributed by atoms with Gasteiger partial charge in [0, 0.05) is 5.54 Å². The number of phosphoric acid groups is 1.